The average Bonchev–Trinajstić information content (AvgIpc) is 2.85. The van der Waals surface area contributed by atoms with Gasteiger partial charge >= 0.3 is 0 Å². The van der Waals surface area contributed by atoms with Gasteiger partial charge in [0.15, 0.2) is 11.6 Å². The van der Waals surface area contributed by atoms with E-state index in [0.717, 1.165) is 6.07 Å². The van der Waals surface area contributed by atoms with Crippen LogP contribution >= 0.6 is 11.9 Å². The molecule has 1 aliphatic heterocycles. The van der Waals surface area contributed by atoms with E-state index in [1.165, 1.54) is 47.2 Å². The van der Waals surface area contributed by atoms with Gasteiger partial charge in [0.2, 0.25) is 0 Å². The predicted octanol–water partition coefficient (Wildman–Crippen LogP) is 4.89. The normalized spacial score (nSPS) is 22.0. The molecule has 0 aromatic heterocycles. The Balaban J connectivity index is 1.93. The Hall–Kier alpha value is -1.64. The molecule has 0 spiro atoms. The van der Waals surface area contributed by atoms with Gasteiger partial charge in [0.25, 0.3) is 5.92 Å². The summed E-state index contributed by atoms with van der Waals surface area (Å²) in [5.74, 6) is -5.27. The molecule has 1 heterocycles. The molecular weight excluding hydrogens is 395 g/mol. The molecule has 1 N–H and O–H groups in total. The highest BCUT2D eigenvalue weighted by Crippen LogP contribution is 2.36. The second-order valence-corrected chi connectivity index (χ2v) is 7.96. The van der Waals surface area contributed by atoms with Gasteiger partial charge in [0.05, 0.1) is 12.6 Å². The molecule has 0 amide bonds. The molecule has 2 atom stereocenters. The monoisotopic (exact) mass is 416 g/mol. The van der Waals surface area contributed by atoms with E-state index in [4.69, 9.17) is 0 Å². The molecule has 152 valence electrons. The summed E-state index contributed by atoms with van der Waals surface area (Å²) in [5.41, 5.74) is -0.0981. The first-order valence-corrected chi connectivity index (χ1v) is 9.92. The molecule has 0 bridgehead atoms. The minimum absolute atomic E-state index is 0.0185. The number of halogens is 5. The van der Waals surface area contributed by atoms with Gasteiger partial charge in [-0.15, -0.1) is 0 Å². The second kappa shape index (κ2) is 8.39. The summed E-state index contributed by atoms with van der Waals surface area (Å²) in [7, 11) is 1.57. The zero-order valence-corrected chi connectivity index (χ0v) is 16.3. The number of rotatable bonds is 6. The molecule has 1 saturated heterocycles. The van der Waals surface area contributed by atoms with Crippen LogP contribution in [0.15, 0.2) is 36.4 Å². The molecule has 2 nitrogen and oxygen atoms in total. The van der Waals surface area contributed by atoms with Crippen LogP contribution in [0, 0.1) is 17.5 Å². The second-order valence-electron chi connectivity index (χ2n) is 6.86. The van der Waals surface area contributed by atoms with E-state index in [1.54, 1.807) is 7.05 Å². The van der Waals surface area contributed by atoms with Crippen LogP contribution in [0.2, 0.25) is 0 Å². The summed E-state index contributed by atoms with van der Waals surface area (Å²) in [6.07, 6.45) is 0.0185. The summed E-state index contributed by atoms with van der Waals surface area (Å²) in [6, 6.07) is 6.13. The van der Waals surface area contributed by atoms with E-state index in [2.05, 4.69) is 4.72 Å². The number of alkyl halides is 2. The molecule has 28 heavy (non-hydrogen) atoms. The SMILES string of the molecule is CCSNC1C(Cc2cccc(-c3cccc(F)c3F)c2F)N(C)CC1(F)F. The smallest absolute Gasteiger partial charge is 0.277 e. The highest BCUT2D eigenvalue weighted by Gasteiger charge is 2.53. The standard InChI is InChI=1S/C20H21F5N2S/c1-3-28-26-19-16(27(2)11-20(19,24)25)10-12-6-4-7-13(17(12)22)14-8-5-9-15(21)18(14)23/h4-9,16,19,26H,3,10-11H2,1-2H3. The van der Waals surface area contributed by atoms with Gasteiger partial charge in [-0.2, -0.15) is 0 Å². The van der Waals surface area contributed by atoms with Crippen molar-refractivity contribution < 1.29 is 22.0 Å². The molecule has 0 aliphatic carbocycles. The van der Waals surface area contributed by atoms with E-state index in [1.807, 2.05) is 6.92 Å². The summed E-state index contributed by atoms with van der Waals surface area (Å²) in [6.45, 7) is 1.42. The van der Waals surface area contributed by atoms with Crippen LogP contribution < -0.4 is 4.72 Å². The third kappa shape index (κ3) is 4.04. The Morgan fingerprint density at radius 3 is 2.39 bits per heavy atom. The van der Waals surface area contributed by atoms with Gasteiger partial charge in [0, 0.05) is 22.9 Å². The van der Waals surface area contributed by atoms with Crippen LogP contribution in [0.5, 0.6) is 0 Å². The van der Waals surface area contributed by atoms with Crippen molar-refractivity contribution in [2.75, 3.05) is 19.3 Å². The Bertz CT molecular complexity index is 845. The van der Waals surface area contributed by atoms with Crippen molar-refractivity contribution in [2.45, 2.75) is 31.4 Å². The van der Waals surface area contributed by atoms with E-state index >= 15 is 4.39 Å². The van der Waals surface area contributed by atoms with Crippen molar-refractivity contribution in [3.63, 3.8) is 0 Å². The first-order chi connectivity index (χ1) is 13.3. The first-order valence-electron chi connectivity index (χ1n) is 8.93. The van der Waals surface area contributed by atoms with Crippen molar-refractivity contribution in [2.24, 2.45) is 0 Å². The Morgan fingerprint density at radius 1 is 1.07 bits per heavy atom. The lowest BCUT2D eigenvalue weighted by Gasteiger charge is -2.26. The van der Waals surface area contributed by atoms with Gasteiger partial charge in [-0.1, -0.05) is 49.2 Å². The molecule has 1 aliphatic rings. The molecule has 2 aromatic rings. The Morgan fingerprint density at radius 2 is 1.71 bits per heavy atom. The fraction of sp³-hybridized carbons (Fsp3) is 0.400. The van der Waals surface area contributed by atoms with Gasteiger partial charge in [-0.05, 0) is 25.1 Å². The topological polar surface area (TPSA) is 15.3 Å². The number of nitrogens with zero attached hydrogens (tertiary/aromatic N) is 1. The molecule has 1 fully saturated rings. The number of benzene rings is 2. The lowest BCUT2D eigenvalue weighted by Crippen LogP contribution is -2.46. The van der Waals surface area contributed by atoms with Crippen LogP contribution in [-0.4, -0.2) is 42.3 Å². The summed E-state index contributed by atoms with van der Waals surface area (Å²) < 4.78 is 74.3. The first kappa shape index (κ1) is 21.1. The van der Waals surface area contributed by atoms with E-state index < -0.39 is 42.0 Å². The molecule has 0 radical (unpaired) electrons. The van der Waals surface area contributed by atoms with Crippen molar-refractivity contribution >= 4 is 11.9 Å². The maximum absolute atomic E-state index is 15.1. The zero-order chi connectivity index (χ0) is 20.5. The molecule has 8 heteroatoms. The number of hydrogen-bond acceptors (Lipinski definition) is 3. The minimum atomic E-state index is -2.95. The van der Waals surface area contributed by atoms with E-state index in [-0.39, 0.29) is 23.1 Å². The molecule has 2 unspecified atom stereocenters. The predicted molar refractivity (Wildman–Crippen MR) is 102 cm³/mol. The summed E-state index contributed by atoms with van der Waals surface area (Å²) >= 11 is 1.19. The highest BCUT2D eigenvalue weighted by molar-refractivity contribution is 7.97. The average molecular weight is 416 g/mol. The van der Waals surface area contributed by atoms with E-state index in [0.29, 0.717) is 5.75 Å². The number of hydrogen-bond donors (Lipinski definition) is 1. The largest absolute Gasteiger partial charge is 0.295 e. The molecular formula is C20H21F5N2S. The summed E-state index contributed by atoms with van der Waals surface area (Å²) in [5, 5.41) is 0. The highest BCUT2D eigenvalue weighted by atomic mass is 32.2. The van der Waals surface area contributed by atoms with Crippen molar-refractivity contribution in [3.8, 4) is 11.1 Å². The summed E-state index contributed by atoms with van der Waals surface area (Å²) in [4.78, 5) is 1.50. The lowest BCUT2D eigenvalue weighted by molar-refractivity contribution is -0.00425. The molecule has 3 rings (SSSR count). The van der Waals surface area contributed by atoms with Gasteiger partial charge < -0.3 is 0 Å². The Labute approximate surface area is 165 Å². The van der Waals surface area contributed by atoms with Gasteiger partial charge in [-0.25, -0.2) is 22.0 Å². The fourth-order valence-corrected chi connectivity index (χ4v) is 4.25. The van der Waals surface area contributed by atoms with E-state index in [9.17, 15) is 17.6 Å². The van der Waals surface area contributed by atoms with Crippen LogP contribution in [0.1, 0.15) is 12.5 Å². The maximum Gasteiger partial charge on any atom is 0.277 e. The Kier molecular flexibility index (Phi) is 6.31. The zero-order valence-electron chi connectivity index (χ0n) is 15.5. The van der Waals surface area contributed by atoms with Crippen molar-refractivity contribution in [3.05, 3.63) is 59.4 Å². The molecule has 2 aromatic carbocycles. The maximum atomic E-state index is 15.1. The minimum Gasteiger partial charge on any atom is -0.295 e. The van der Waals surface area contributed by atoms with Gasteiger partial charge in [0.1, 0.15) is 5.82 Å². The number of likely N-dealkylation sites (N-methyl/N-ethyl adjacent to an activating group) is 1. The van der Waals surface area contributed by atoms with Crippen LogP contribution in [0.4, 0.5) is 22.0 Å². The molecule has 0 saturated carbocycles. The van der Waals surface area contributed by atoms with Gasteiger partial charge in [-0.3, -0.25) is 9.62 Å². The van der Waals surface area contributed by atoms with Crippen LogP contribution in [-0.2, 0) is 6.42 Å². The van der Waals surface area contributed by atoms with Crippen molar-refractivity contribution in [1.29, 1.82) is 0 Å². The van der Waals surface area contributed by atoms with Crippen LogP contribution in [0.25, 0.3) is 11.1 Å². The number of nitrogens with one attached hydrogen (secondary N) is 1. The van der Waals surface area contributed by atoms with Crippen molar-refractivity contribution in [1.82, 2.24) is 9.62 Å². The lowest BCUT2D eigenvalue weighted by atomic mass is 9.95. The number of likely N-dealkylation sites (tertiary alicyclic amines) is 1. The third-order valence-corrected chi connectivity index (χ3v) is 5.68. The fourth-order valence-electron chi connectivity index (χ4n) is 3.58. The third-order valence-electron chi connectivity index (χ3n) is 4.97. The van der Waals surface area contributed by atoms with Crippen LogP contribution in [0.3, 0.4) is 0 Å². The quantitative estimate of drug-likeness (QED) is 0.533.